The highest BCUT2D eigenvalue weighted by molar-refractivity contribution is 9.10. The summed E-state index contributed by atoms with van der Waals surface area (Å²) in [6.07, 6.45) is 1.49. The van der Waals surface area contributed by atoms with Crippen LogP contribution in [-0.4, -0.2) is 16.1 Å². The standard InChI is InChI=1S/C7H5Br2NO2/c8-2-4-1-6(7(11)12)10-3-5(4)9/h1,3H,2H2,(H,11,12). The fraction of sp³-hybridized carbons (Fsp3) is 0.143. The van der Waals surface area contributed by atoms with E-state index >= 15 is 0 Å². The summed E-state index contributed by atoms with van der Waals surface area (Å²) in [6, 6.07) is 1.53. The molecule has 0 saturated carbocycles. The normalized spacial score (nSPS) is 9.83. The van der Waals surface area contributed by atoms with Gasteiger partial charge in [0.05, 0.1) is 0 Å². The van der Waals surface area contributed by atoms with Crippen molar-refractivity contribution in [2.75, 3.05) is 0 Å². The molecular weight excluding hydrogens is 290 g/mol. The molecule has 3 nitrogen and oxygen atoms in total. The molecular formula is C7H5Br2NO2. The Morgan fingerprint density at radius 2 is 2.33 bits per heavy atom. The molecule has 0 aliphatic heterocycles. The van der Waals surface area contributed by atoms with Crippen LogP contribution in [0.25, 0.3) is 0 Å². The number of halogens is 2. The number of rotatable bonds is 2. The van der Waals surface area contributed by atoms with Gasteiger partial charge in [0, 0.05) is 16.0 Å². The molecule has 0 amide bonds. The van der Waals surface area contributed by atoms with Gasteiger partial charge in [-0.3, -0.25) is 0 Å². The van der Waals surface area contributed by atoms with E-state index in [1.54, 1.807) is 0 Å². The number of alkyl halides is 1. The number of hydrogen-bond acceptors (Lipinski definition) is 2. The van der Waals surface area contributed by atoms with E-state index in [1.807, 2.05) is 0 Å². The summed E-state index contributed by atoms with van der Waals surface area (Å²) in [5.41, 5.74) is 0.940. The summed E-state index contributed by atoms with van der Waals surface area (Å²) < 4.78 is 0.810. The third kappa shape index (κ3) is 2.04. The van der Waals surface area contributed by atoms with Gasteiger partial charge in [0.1, 0.15) is 5.69 Å². The molecule has 64 valence electrons. The fourth-order valence-corrected chi connectivity index (χ4v) is 1.90. The van der Waals surface area contributed by atoms with Gasteiger partial charge in [-0.15, -0.1) is 0 Å². The van der Waals surface area contributed by atoms with Gasteiger partial charge in [0.25, 0.3) is 0 Å². The van der Waals surface area contributed by atoms with Crippen LogP contribution >= 0.6 is 31.9 Å². The zero-order valence-electron chi connectivity index (χ0n) is 5.92. The molecule has 0 radical (unpaired) electrons. The molecule has 0 saturated heterocycles. The van der Waals surface area contributed by atoms with Crippen molar-refractivity contribution in [1.82, 2.24) is 4.98 Å². The first-order valence-electron chi connectivity index (χ1n) is 3.09. The first-order chi connectivity index (χ1) is 5.65. The Morgan fingerprint density at radius 3 is 2.83 bits per heavy atom. The molecule has 1 N–H and O–H groups in total. The van der Waals surface area contributed by atoms with Crippen molar-refractivity contribution >= 4 is 37.8 Å². The second-order valence-electron chi connectivity index (χ2n) is 2.10. The van der Waals surface area contributed by atoms with Crippen molar-refractivity contribution in [3.8, 4) is 0 Å². The number of carbonyl (C=O) groups is 1. The Kier molecular flexibility index (Phi) is 3.22. The number of carboxylic acids is 1. The smallest absolute Gasteiger partial charge is 0.354 e. The van der Waals surface area contributed by atoms with Gasteiger partial charge in [0.2, 0.25) is 0 Å². The second-order valence-corrected chi connectivity index (χ2v) is 3.51. The van der Waals surface area contributed by atoms with Crippen LogP contribution in [0.5, 0.6) is 0 Å². The Morgan fingerprint density at radius 1 is 1.67 bits per heavy atom. The lowest BCUT2D eigenvalue weighted by Gasteiger charge is -2.00. The minimum Gasteiger partial charge on any atom is -0.477 e. The van der Waals surface area contributed by atoms with Gasteiger partial charge >= 0.3 is 5.97 Å². The third-order valence-electron chi connectivity index (χ3n) is 1.30. The van der Waals surface area contributed by atoms with E-state index in [1.165, 1.54) is 12.3 Å². The number of aromatic carboxylic acids is 1. The zero-order valence-corrected chi connectivity index (χ0v) is 9.09. The Hall–Kier alpha value is -0.420. The molecule has 0 bridgehead atoms. The highest BCUT2D eigenvalue weighted by Crippen LogP contribution is 2.18. The van der Waals surface area contributed by atoms with Crippen LogP contribution in [0.4, 0.5) is 0 Å². The van der Waals surface area contributed by atoms with Crippen LogP contribution in [0.1, 0.15) is 16.1 Å². The topological polar surface area (TPSA) is 50.2 Å². The maximum Gasteiger partial charge on any atom is 0.354 e. The summed E-state index contributed by atoms with van der Waals surface area (Å²) in [5.74, 6) is -1.01. The SMILES string of the molecule is O=C(O)c1cc(CBr)c(Br)cn1. The van der Waals surface area contributed by atoms with E-state index in [4.69, 9.17) is 5.11 Å². The molecule has 5 heteroatoms. The van der Waals surface area contributed by atoms with Gasteiger partial charge in [0.15, 0.2) is 0 Å². The summed E-state index contributed by atoms with van der Waals surface area (Å²) in [4.78, 5) is 14.2. The Bertz CT molecular complexity index is 314. The van der Waals surface area contributed by atoms with E-state index in [0.29, 0.717) is 5.33 Å². The first-order valence-corrected chi connectivity index (χ1v) is 5.00. The van der Waals surface area contributed by atoms with Gasteiger partial charge in [-0.25, -0.2) is 9.78 Å². The second kappa shape index (κ2) is 4.00. The van der Waals surface area contributed by atoms with Crippen LogP contribution in [0.2, 0.25) is 0 Å². The van der Waals surface area contributed by atoms with Crippen molar-refractivity contribution in [3.05, 3.63) is 28.0 Å². The van der Waals surface area contributed by atoms with Crippen molar-refractivity contribution in [2.45, 2.75) is 5.33 Å². The molecule has 0 aromatic carbocycles. The summed E-state index contributed by atoms with van der Waals surface area (Å²) >= 11 is 6.50. The van der Waals surface area contributed by atoms with E-state index in [2.05, 4.69) is 36.8 Å². The van der Waals surface area contributed by atoms with Crippen molar-refractivity contribution in [1.29, 1.82) is 0 Å². The van der Waals surface area contributed by atoms with Crippen LogP contribution in [-0.2, 0) is 5.33 Å². The van der Waals surface area contributed by atoms with Gasteiger partial charge < -0.3 is 5.11 Å². The van der Waals surface area contributed by atoms with E-state index < -0.39 is 5.97 Å². The molecule has 0 aliphatic rings. The van der Waals surface area contributed by atoms with Gasteiger partial charge in [-0.2, -0.15) is 0 Å². The molecule has 1 rings (SSSR count). The molecule has 0 fully saturated rings. The molecule has 1 aromatic rings. The Labute approximate surface area is 86.1 Å². The van der Waals surface area contributed by atoms with Crippen molar-refractivity contribution in [2.24, 2.45) is 0 Å². The highest BCUT2D eigenvalue weighted by Gasteiger charge is 2.07. The maximum atomic E-state index is 10.5. The molecule has 1 aromatic heterocycles. The maximum absolute atomic E-state index is 10.5. The van der Waals surface area contributed by atoms with E-state index in [0.717, 1.165) is 10.0 Å². The van der Waals surface area contributed by atoms with Crippen LogP contribution in [0, 0.1) is 0 Å². The highest BCUT2D eigenvalue weighted by atomic mass is 79.9. The number of pyridine rings is 1. The quantitative estimate of drug-likeness (QED) is 0.853. The minimum absolute atomic E-state index is 0.0626. The summed E-state index contributed by atoms with van der Waals surface area (Å²) in [5, 5.41) is 9.21. The average molecular weight is 295 g/mol. The summed E-state index contributed by atoms with van der Waals surface area (Å²) in [6.45, 7) is 0. The molecule has 0 spiro atoms. The van der Waals surface area contributed by atoms with Crippen molar-refractivity contribution in [3.63, 3.8) is 0 Å². The van der Waals surface area contributed by atoms with Crippen LogP contribution in [0.15, 0.2) is 16.7 Å². The first kappa shape index (κ1) is 9.67. The third-order valence-corrected chi connectivity index (χ3v) is 2.62. The number of nitrogens with zero attached hydrogens (tertiary/aromatic N) is 1. The lowest BCUT2D eigenvalue weighted by Crippen LogP contribution is -2.00. The number of hydrogen-bond donors (Lipinski definition) is 1. The molecule has 1 heterocycles. The van der Waals surface area contributed by atoms with Gasteiger partial charge in [-0.1, -0.05) is 15.9 Å². The lowest BCUT2D eigenvalue weighted by atomic mass is 10.2. The largest absolute Gasteiger partial charge is 0.477 e. The molecule has 0 atom stereocenters. The molecule has 0 aliphatic carbocycles. The van der Waals surface area contributed by atoms with Crippen LogP contribution in [0.3, 0.4) is 0 Å². The summed E-state index contributed by atoms with van der Waals surface area (Å²) in [7, 11) is 0. The van der Waals surface area contributed by atoms with Gasteiger partial charge in [-0.05, 0) is 27.6 Å². The number of aromatic nitrogens is 1. The predicted molar refractivity (Wildman–Crippen MR) is 51.5 cm³/mol. The monoisotopic (exact) mass is 293 g/mol. The zero-order chi connectivity index (χ0) is 9.14. The predicted octanol–water partition coefficient (Wildman–Crippen LogP) is 2.44. The fourth-order valence-electron chi connectivity index (χ4n) is 0.700. The van der Waals surface area contributed by atoms with Crippen molar-refractivity contribution < 1.29 is 9.90 Å². The molecule has 12 heavy (non-hydrogen) atoms. The Balaban J connectivity index is 3.13. The van der Waals surface area contributed by atoms with Crippen LogP contribution < -0.4 is 0 Å². The molecule has 0 unspecified atom stereocenters. The van der Waals surface area contributed by atoms with E-state index in [-0.39, 0.29) is 5.69 Å². The average Bonchev–Trinajstić information content (AvgIpc) is 2.05. The number of carboxylic acid groups (broad SMARTS) is 1. The van der Waals surface area contributed by atoms with E-state index in [9.17, 15) is 4.79 Å². The lowest BCUT2D eigenvalue weighted by molar-refractivity contribution is 0.0690. The minimum atomic E-state index is -1.01.